The summed E-state index contributed by atoms with van der Waals surface area (Å²) in [6, 6.07) is 19.1. The number of allylic oxidation sites excluding steroid dienone is 1. The Hall–Kier alpha value is -3.91. The van der Waals surface area contributed by atoms with E-state index in [1.807, 2.05) is 86.8 Å². The molecule has 0 spiro atoms. The van der Waals surface area contributed by atoms with Crippen LogP contribution < -0.4 is 10.1 Å². The first-order valence-electron chi connectivity index (χ1n) is 11.5. The Bertz CT molecular complexity index is 1340. The number of hydrogen-bond acceptors (Lipinski definition) is 6. The number of amides is 2. The maximum atomic E-state index is 13.2. The highest BCUT2D eigenvalue weighted by Gasteiger charge is 2.36. The molecule has 7 nitrogen and oxygen atoms in total. The average Bonchev–Trinajstić information content (AvgIpc) is 3.55. The molecule has 35 heavy (non-hydrogen) atoms. The zero-order chi connectivity index (χ0) is 24.4. The lowest BCUT2D eigenvalue weighted by Crippen LogP contribution is -2.45. The summed E-state index contributed by atoms with van der Waals surface area (Å²) in [6.45, 7) is 6.97. The second kappa shape index (κ2) is 9.76. The smallest absolute Gasteiger partial charge is 0.322 e. The summed E-state index contributed by atoms with van der Waals surface area (Å²) in [4.78, 5) is 20.8. The Labute approximate surface area is 208 Å². The van der Waals surface area contributed by atoms with E-state index in [1.165, 1.54) is 0 Å². The standard InChI is InChI=1S/C27H26N4O3S/c1-4-33-21-13-11-19(12-14-21)24-23(18(3)31(27(32)28-24)16-22-6-5-15-35-22)26-29-25(30-34-26)20-9-7-17(2)8-10-20/h5-15,24H,4,16H2,1-3H3,(H,28,32). The number of rotatable bonds is 7. The van der Waals surface area contributed by atoms with Crippen molar-refractivity contribution in [1.29, 1.82) is 0 Å². The van der Waals surface area contributed by atoms with Gasteiger partial charge >= 0.3 is 6.03 Å². The van der Waals surface area contributed by atoms with Gasteiger partial charge in [0.05, 0.1) is 24.8 Å². The number of aryl methyl sites for hydroxylation is 1. The van der Waals surface area contributed by atoms with Gasteiger partial charge in [-0.2, -0.15) is 4.98 Å². The molecular weight excluding hydrogens is 460 g/mol. The second-order valence-corrected chi connectivity index (χ2v) is 9.37. The fourth-order valence-corrected chi connectivity index (χ4v) is 4.83. The third-order valence-electron chi connectivity index (χ3n) is 5.98. The number of ether oxygens (including phenoxy) is 1. The van der Waals surface area contributed by atoms with E-state index in [0.717, 1.165) is 38.6 Å². The second-order valence-electron chi connectivity index (χ2n) is 8.34. The van der Waals surface area contributed by atoms with Crippen LogP contribution in [0.1, 0.15) is 41.8 Å². The van der Waals surface area contributed by atoms with Gasteiger partial charge < -0.3 is 14.6 Å². The largest absolute Gasteiger partial charge is 0.494 e. The predicted molar refractivity (Wildman–Crippen MR) is 136 cm³/mol. The maximum Gasteiger partial charge on any atom is 0.322 e. The summed E-state index contributed by atoms with van der Waals surface area (Å²) in [6.07, 6.45) is 0. The highest BCUT2D eigenvalue weighted by Crippen LogP contribution is 2.38. The number of carbonyl (C=O) groups is 1. The van der Waals surface area contributed by atoms with Crippen LogP contribution in [0.15, 0.2) is 76.3 Å². The molecule has 0 saturated heterocycles. The van der Waals surface area contributed by atoms with Gasteiger partial charge in [0.2, 0.25) is 5.82 Å². The molecular formula is C27H26N4O3S. The number of thiophene rings is 1. The molecule has 1 atom stereocenters. The fourth-order valence-electron chi connectivity index (χ4n) is 4.13. The van der Waals surface area contributed by atoms with Gasteiger partial charge in [0.25, 0.3) is 5.89 Å². The van der Waals surface area contributed by atoms with Gasteiger partial charge in [-0.1, -0.05) is 53.2 Å². The lowest BCUT2D eigenvalue weighted by molar-refractivity contribution is 0.203. The third kappa shape index (κ3) is 4.70. The Morgan fingerprint density at radius 1 is 1.09 bits per heavy atom. The lowest BCUT2D eigenvalue weighted by Gasteiger charge is -2.35. The van der Waals surface area contributed by atoms with Crippen LogP contribution in [0.25, 0.3) is 17.0 Å². The van der Waals surface area contributed by atoms with Crippen LogP contribution in [0.4, 0.5) is 4.79 Å². The maximum absolute atomic E-state index is 13.2. The summed E-state index contributed by atoms with van der Waals surface area (Å²) in [5.74, 6) is 1.67. The molecule has 4 aromatic rings. The van der Waals surface area contributed by atoms with Gasteiger partial charge in [0.1, 0.15) is 5.75 Å². The molecule has 2 aromatic carbocycles. The molecule has 1 N–H and O–H groups in total. The van der Waals surface area contributed by atoms with Crippen LogP contribution in [0.2, 0.25) is 0 Å². The van der Waals surface area contributed by atoms with Crippen molar-refractivity contribution in [2.75, 3.05) is 6.61 Å². The SMILES string of the molecule is CCOc1ccc(C2NC(=O)N(Cc3cccs3)C(C)=C2c2nc(-c3ccc(C)cc3)no2)cc1. The summed E-state index contributed by atoms with van der Waals surface area (Å²) in [7, 11) is 0. The first-order valence-corrected chi connectivity index (χ1v) is 12.4. The molecule has 3 heterocycles. The highest BCUT2D eigenvalue weighted by atomic mass is 32.1. The Kier molecular flexibility index (Phi) is 6.37. The Balaban J connectivity index is 1.57. The normalized spacial score (nSPS) is 15.9. The average molecular weight is 487 g/mol. The van der Waals surface area contributed by atoms with E-state index in [0.29, 0.717) is 24.9 Å². The highest BCUT2D eigenvalue weighted by molar-refractivity contribution is 7.09. The number of hydrogen-bond donors (Lipinski definition) is 1. The van der Waals surface area contributed by atoms with Crippen LogP contribution in [0, 0.1) is 6.92 Å². The van der Waals surface area contributed by atoms with Gasteiger partial charge in [-0.25, -0.2) is 4.79 Å². The van der Waals surface area contributed by atoms with Crippen molar-refractivity contribution in [3.8, 4) is 17.1 Å². The van der Waals surface area contributed by atoms with Gasteiger partial charge in [-0.3, -0.25) is 4.90 Å². The zero-order valence-corrected chi connectivity index (χ0v) is 20.6. The zero-order valence-electron chi connectivity index (χ0n) is 19.8. The number of nitrogens with zero attached hydrogens (tertiary/aromatic N) is 3. The lowest BCUT2D eigenvalue weighted by atomic mass is 9.94. The van der Waals surface area contributed by atoms with Crippen molar-refractivity contribution in [1.82, 2.24) is 20.4 Å². The van der Waals surface area contributed by atoms with Gasteiger partial charge in [-0.05, 0) is 49.9 Å². The molecule has 8 heteroatoms. The first-order chi connectivity index (χ1) is 17.0. The van der Waals surface area contributed by atoms with E-state index in [9.17, 15) is 4.79 Å². The number of nitrogens with one attached hydrogen (secondary N) is 1. The van der Waals surface area contributed by atoms with E-state index in [1.54, 1.807) is 16.2 Å². The minimum absolute atomic E-state index is 0.170. The molecule has 178 valence electrons. The van der Waals surface area contributed by atoms with Crippen LogP contribution in [-0.4, -0.2) is 27.7 Å². The van der Waals surface area contributed by atoms with E-state index in [-0.39, 0.29) is 6.03 Å². The number of aromatic nitrogens is 2. The minimum Gasteiger partial charge on any atom is -0.494 e. The van der Waals surface area contributed by atoms with Crippen LogP contribution in [0.5, 0.6) is 5.75 Å². The first kappa shape index (κ1) is 22.9. The van der Waals surface area contributed by atoms with Crippen molar-refractivity contribution in [2.45, 2.75) is 33.4 Å². The molecule has 0 radical (unpaired) electrons. The van der Waals surface area contributed by atoms with Gasteiger partial charge in [-0.15, -0.1) is 11.3 Å². The molecule has 1 unspecified atom stereocenters. The Morgan fingerprint density at radius 2 is 1.86 bits per heavy atom. The molecule has 0 fully saturated rings. The minimum atomic E-state index is -0.441. The van der Waals surface area contributed by atoms with Crippen molar-refractivity contribution in [2.24, 2.45) is 0 Å². The van der Waals surface area contributed by atoms with E-state index >= 15 is 0 Å². The van der Waals surface area contributed by atoms with E-state index < -0.39 is 6.04 Å². The van der Waals surface area contributed by atoms with Crippen LogP contribution >= 0.6 is 11.3 Å². The summed E-state index contributed by atoms with van der Waals surface area (Å²) in [5.41, 5.74) is 4.49. The van der Waals surface area contributed by atoms with Gasteiger partial charge in [0.15, 0.2) is 0 Å². The van der Waals surface area contributed by atoms with Gasteiger partial charge in [0, 0.05) is 16.1 Å². The summed E-state index contributed by atoms with van der Waals surface area (Å²) < 4.78 is 11.4. The molecule has 0 aliphatic carbocycles. The molecule has 1 aliphatic heterocycles. The predicted octanol–water partition coefficient (Wildman–Crippen LogP) is 6.20. The van der Waals surface area contributed by atoms with Crippen molar-refractivity contribution >= 4 is 22.9 Å². The molecule has 5 rings (SSSR count). The third-order valence-corrected chi connectivity index (χ3v) is 6.84. The molecule has 2 amide bonds. The molecule has 0 bridgehead atoms. The number of carbonyl (C=O) groups excluding carboxylic acids is 1. The Morgan fingerprint density at radius 3 is 2.54 bits per heavy atom. The molecule has 0 saturated carbocycles. The number of urea groups is 1. The van der Waals surface area contributed by atoms with Crippen molar-refractivity contribution < 1.29 is 14.1 Å². The van der Waals surface area contributed by atoms with Crippen molar-refractivity contribution in [3.63, 3.8) is 0 Å². The summed E-state index contributed by atoms with van der Waals surface area (Å²) >= 11 is 1.61. The fraction of sp³-hybridized carbons (Fsp3) is 0.222. The monoisotopic (exact) mass is 486 g/mol. The summed E-state index contributed by atoms with van der Waals surface area (Å²) in [5, 5.41) is 9.40. The van der Waals surface area contributed by atoms with E-state index in [4.69, 9.17) is 14.2 Å². The molecule has 1 aliphatic rings. The number of benzene rings is 2. The molecule has 2 aromatic heterocycles. The van der Waals surface area contributed by atoms with E-state index in [2.05, 4.69) is 10.5 Å². The van der Waals surface area contributed by atoms with Crippen LogP contribution in [-0.2, 0) is 6.54 Å². The van der Waals surface area contributed by atoms with Crippen LogP contribution in [0.3, 0.4) is 0 Å². The quantitative estimate of drug-likeness (QED) is 0.336. The van der Waals surface area contributed by atoms with Crippen molar-refractivity contribution in [3.05, 3.63) is 93.6 Å². The topological polar surface area (TPSA) is 80.5 Å².